The fourth-order valence-electron chi connectivity index (χ4n) is 1.51. The largest absolute Gasteiger partial charge is 0.389 e. The number of hydrogen-bond donors (Lipinski definition) is 1. The van der Waals surface area contributed by atoms with Gasteiger partial charge in [0.25, 0.3) is 10.0 Å². The van der Waals surface area contributed by atoms with E-state index >= 15 is 0 Å². The summed E-state index contributed by atoms with van der Waals surface area (Å²) in [6.07, 6.45) is 0. The molecule has 0 saturated carbocycles. The van der Waals surface area contributed by atoms with Gasteiger partial charge in [-0.2, -0.15) is 4.31 Å². The Balaban J connectivity index is 3.15. The van der Waals surface area contributed by atoms with Crippen molar-refractivity contribution in [1.82, 2.24) is 9.29 Å². The first-order valence-corrected chi connectivity index (χ1v) is 8.07. The summed E-state index contributed by atoms with van der Waals surface area (Å²) in [4.78, 5) is 3.91. The van der Waals surface area contributed by atoms with Gasteiger partial charge in [0.2, 0.25) is 0 Å². The average Bonchev–Trinajstić information content (AvgIpc) is 2.53. The van der Waals surface area contributed by atoms with Gasteiger partial charge in [-0.15, -0.1) is 0 Å². The molecule has 0 bridgehead atoms. The number of aliphatic hydroxyl groups is 1. The van der Waals surface area contributed by atoms with Crippen LogP contribution in [0.15, 0.2) is 4.21 Å². The predicted octanol–water partition coefficient (Wildman–Crippen LogP) is 1.89. The first kappa shape index (κ1) is 15.8. The highest BCUT2D eigenvalue weighted by molar-refractivity contribution is 7.91. The normalized spacial score (nSPS) is 13.3. The summed E-state index contributed by atoms with van der Waals surface area (Å²) in [6, 6.07) is 0. The lowest BCUT2D eigenvalue weighted by Crippen LogP contribution is -2.42. The number of aryl methyl sites for hydroxylation is 1. The minimum absolute atomic E-state index is 0.0286. The summed E-state index contributed by atoms with van der Waals surface area (Å²) in [5.41, 5.74) is -0.704. The second-order valence-corrected chi connectivity index (χ2v) is 8.30. The second-order valence-electron chi connectivity index (χ2n) is 4.58. The lowest BCUT2D eigenvalue weighted by atomic mass is 10.1. The highest BCUT2D eigenvalue weighted by Gasteiger charge is 2.31. The van der Waals surface area contributed by atoms with Gasteiger partial charge in [-0.1, -0.05) is 29.9 Å². The van der Waals surface area contributed by atoms with Crippen molar-refractivity contribution < 1.29 is 13.5 Å². The van der Waals surface area contributed by atoms with Gasteiger partial charge >= 0.3 is 0 Å². The van der Waals surface area contributed by atoms with Crippen molar-refractivity contribution in [2.45, 2.75) is 37.5 Å². The summed E-state index contributed by atoms with van der Waals surface area (Å²) in [5.74, 6) is 0. The number of nitrogens with zero attached hydrogens (tertiary/aromatic N) is 2. The van der Waals surface area contributed by atoms with Crippen LogP contribution in [0, 0.1) is 6.92 Å². The molecule has 0 amide bonds. The Morgan fingerprint density at radius 2 is 2.06 bits per heavy atom. The number of aromatic nitrogens is 1. The number of thiazole rings is 1. The van der Waals surface area contributed by atoms with Gasteiger partial charge in [-0.05, 0) is 20.8 Å². The fourth-order valence-corrected chi connectivity index (χ4v) is 4.98. The highest BCUT2D eigenvalue weighted by Crippen LogP contribution is 2.29. The van der Waals surface area contributed by atoms with Crippen molar-refractivity contribution in [3.63, 3.8) is 0 Å². The maximum Gasteiger partial charge on any atom is 0.254 e. The molecule has 1 aromatic heterocycles. The standard InChI is InChI=1S/C10H17ClN2O3S2/c1-5-13(6-10(3,4)14)18(15,16)8-7(2)12-9(11)17-8/h14H,5-6H2,1-4H3. The lowest BCUT2D eigenvalue weighted by molar-refractivity contribution is 0.0602. The van der Waals surface area contributed by atoms with Crippen LogP contribution in [0.1, 0.15) is 26.5 Å². The molecule has 0 fully saturated rings. The molecule has 0 aromatic carbocycles. The van der Waals surface area contributed by atoms with Crippen LogP contribution in [0.3, 0.4) is 0 Å². The van der Waals surface area contributed by atoms with Gasteiger partial charge < -0.3 is 5.11 Å². The third kappa shape index (κ3) is 3.64. The second kappa shape index (κ2) is 5.42. The van der Waals surface area contributed by atoms with Crippen LogP contribution < -0.4 is 0 Å². The van der Waals surface area contributed by atoms with Crippen LogP contribution in [0.5, 0.6) is 0 Å². The Labute approximate surface area is 116 Å². The van der Waals surface area contributed by atoms with Gasteiger partial charge in [0.05, 0.1) is 11.3 Å². The zero-order valence-corrected chi connectivity index (χ0v) is 13.2. The van der Waals surface area contributed by atoms with E-state index in [0.717, 1.165) is 11.3 Å². The third-order valence-corrected chi connectivity index (χ3v) is 5.99. The average molecular weight is 313 g/mol. The molecule has 1 N–H and O–H groups in total. The summed E-state index contributed by atoms with van der Waals surface area (Å²) < 4.78 is 26.4. The molecular formula is C10H17ClN2O3S2. The maximum absolute atomic E-state index is 12.4. The van der Waals surface area contributed by atoms with Gasteiger partial charge in [0.15, 0.2) is 8.68 Å². The first-order chi connectivity index (χ1) is 8.08. The smallest absolute Gasteiger partial charge is 0.254 e. The van der Waals surface area contributed by atoms with E-state index in [0.29, 0.717) is 5.69 Å². The first-order valence-electron chi connectivity index (χ1n) is 5.43. The molecule has 1 aromatic rings. The number of halogens is 1. The maximum atomic E-state index is 12.4. The molecule has 0 unspecified atom stereocenters. The van der Waals surface area contributed by atoms with Gasteiger partial charge in [0.1, 0.15) is 0 Å². The van der Waals surface area contributed by atoms with Gasteiger partial charge in [-0.3, -0.25) is 0 Å². The van der Waals surface area contributed by atoms with Crippen LogP contribution in [0.2, 0.25) is 4.47 Å². The Bertz CT molecular complexity index is 520. The Morgan fingerprint density at radius 1 is 1.50 bits per heavy atom. The summed E-state index contributed by atoms with van der Waals surface area (Å²) >= 11 is 6.66. The van der Waals surface area contributed by atoms with Crippen molar-refractivity contribution >= 4 is 33.0 Å². The molecule has 104 valence electrons. The molecule has 1 rings (SSSR count). The van der Waals surface area contributed by atoms with E-state index in [4.69, 9.17) is 11.6 Å². The number of sulfonamides is 1. The van der Waals surface area contributed by atoms with Crippen LogP contribution in [-0.2, 0) is 10.0 Å². The van der Waals surface area contributed by atoms with E-state index < -0.39 is 15.6 Å². The van der Waals surface area contributed by atoms with Crippen molar-refractivity contribution in [1.29, 1.82) is 0 Å². The third-order valence-electron chi connectivity index (χ3n) is 2.22. The molecule has 0 aliphatic rings. The molecule has 18 heavy (non-hydrogen) atoms. The van der Waals surface area contributed by atoms with Crippen molar-refractivity contribution in [3.05, 3.63) is 10.2 Å². The van der Waals surface area contributed by atoms with Crippen molar-refractivity contribution in [3.8, 4) is 0 Å². The minimum Gasteiger partial charge on any atom is -0.389 e. The van der Waals surface area contributed by atoms with E-state index in [1.165, 1.54) is 4.31 Å². The number of hydrogen-bond acceptors (Lipinski definition) is 5. The Morgan fingerprint density at radius 3 is 2.39 bits per heavy atom. The van der Waals surface area contributed by atoms with E-state index in [2.05, 4.69) is 4.98 Å². The number of likely N-dealkylation sites (N-methyl/N-ethyl adjacent to an activating group) is 1. The zero-order chi connectivity index (χ0) is 14.1. The van der Waals surface area contributed by atoms with Crippen molar-refractivity contribution in [2.24, 2.45) is 0 Å². The van der Waals surface area contributed by atoms with Crippen molar-refractivity contribution in [2.75, 3.05) is 13.1 Å². The SMILES string of the molecule is CCN(CC(C)(C)O)S(=O)(=O)c1sc(Cl)nc1C. The molecule has 0 radical (unpaired) electrons. The van der Waals surface area contributed by atoms with Crippen LogP contribution >= 0.6 is 22.9 Å². The molecule has 0 saturated heterocycles. The number of rotatable bonds is 5. The molecular weight excluding hydrogens is 296 g/mol. The monoisotopic (exact) mass is 312 g/mol. The lowest BCUT2D eigenvalue weighted by Gasteiger charge is -2.26. The molecule has 0 aliphatic heterocycles. The molecule has 5 nitrogen and oxygen atoms in total. The van der Waals surface area contributed by atoms with Crippen LogP contribution in [-0.4, -0.2) is 41.5 Å². The van der Waals surface area contributed by atoms with Gasteiger partial charge in [0, 0.05) is 13.1 Å². The van der Waals surface area contributed by atoms with Crippen LogP contribution in [0.4, 0.5) is 0 Å². The highest BCUT2D eigenvalue weighted by atomic mass is 35.5. The predicted molar refractivity (Wildman–Crippen MR) is 72.6 cm³/mol. The Kier molecular flexibility index (Phi) is 4.77. The molecule has 8 heteroatoms. The van der Waals surface area contributed by atoms with E-state index in [-0.39, 0.29) is 21.8 Å². The molecule has 0 atom stereocenters. The fraction of sp³-hybridized carbons (Fsp3) is 0.700. The Hall–Kier alpha value is -0.210. The molecule has 0 spiro atoms. The van der Waals surface area contributed by atoms with E-state index in [1.54, 1.807) is 27.7 Å². The summed E-state index contributed by atoms with van der Waals surface area (Å²) in [7, 11) is -3.65. The van der Waals surface area contributed by atoms with E-state index in [9.17, 15) is 13.5 Å². The quantitative estimate of drug-likeness (QED) is 0.901. The molecule has 0 aliphatic carbocycles. The van der Waals surface area contributed by atoms with Crippen LogP contribution in [0.25, 0.3) is 0 Å². The summed E-state index contributed by atoms with van der Waals surface area (Å²) in [6.45, 7) is 6.77. The summed E-state index contributed by atoms with van der Waals surface area (Å²) in [5, 5.41) is 9.76. The zero-order valence-electron chi connectivity index (χ0n) is 10.8. The topological polar surface area (TPSA) is 70.5 Å². The molecule has 1 heterocycles. The van der Waals surface area contributed by atoms with Gasteiger partial charge in [-0.25, -0.2) is 13.4 Å². The van der Waals surface area contributed by atoms with E-state index in [1.807, 2.05) is 0 Å². The minimum atomic E-state index is -3.65.